The van der Waals surface area contributed by atoms with Crippen molar-refractivity contribution >= 4 is 61.7 Å². The van der Waals surface area contributed by atoms with Crippen molar-refractivity contribution in [3.8, 4) is 23.0 Å². The lowest BCUT2D eigenvalue weighted by atomic mass is 10.1. The van der Waals surface area contributed by atoms with Gasteiger partial charge in [-0.3, -0.25) is 0 Å². The maximum absolute atomic E-state index is 13.4. The van der Waals surface area contributed by atoms with Crippen LogP contribution in [0.5, 0.6) is 23.0 Å². The zero-order chi connectivity index (χ0) is 41.7. The Morgan fingerprint density at radius 1 is 0.603 bits per heavy atom. The van der Waals surface area contributed by atoms with Gasteiger partial charge in [-0.05, 0) is 131 Å². The molecule has 316 valence electrons. The number of nitrogens with zero attached hydrogens (tertiary/aromatic N) is 3. The standard InChI is InChI=1S/C23H29ClN2O5S.C18H21ClN2O3S.ClH/c1-16-12-17(2)14-19(13-16)30-20-7-6-18(24)15-21(20)32(28,29)26-10-8-25(9-11-26)22(27)31-23(3,4)5;1-13-9-14(2)11-16(10-13)24-17-4-3-15(19)12-18(17)25(22,23)21-7-5-20-6-8-21;/h6-7,12-15H,8-11H2,1-5H3;3-4,9-12,20H,5-8H2,1-2H3;1H. The molecule has 2 aliphatic heterocycles. The van der Waals surface area contributed by atoms with Gasteiger partial charge in [-0.1, -0.05) is 35.3 Å². The number of hydrogen-bond acceptors (Lipinski definition) is 9. The zero-order valence-electron chi connectivity index (χ0n) is 33.7. The molecule has 4 aromatic rings. The maximum Gasteiger partial charge on any atom is 0.410 e. The summed E-state index contributed by atoms with van der Waals surface area (Å²) < 4.78 is 73.1. The number of sulfonamides is 2. The molecular weight excluding hydrogens is 847 g/mol. The summed E-state index contributed by atoms with van der Waals surface area (Å²) >= 11 is 12.2. The second-order valence-corrected chi connectivity index (χ2v) is 19.7. The summed E-state index contributed by atoms with van der Waals surface area (Å²) in [6.07, 6.45) is -0.448. The first-order valence-corrected chi connectivity index (χ1v) is 22.2. The van der Waals surface area contributed by atoms with Crippen molar-refractivity contribution in [2.24, 2.45) is 0 Å². The normalized spacial score (nSPS) is 15.4. The molecule has 0 atom stereocenters. The second-order valence-electron chi connectivity index (χ2n) is 15.1. The number of amides is 1. The predicted octanol–water partition coefficient (Wildman–Crippen LogP) is 8.76. The van der Waals surface area contributed by atoms with Crippen LogP contribution in [0.25, 0.3) is 0 Å². The summed E-state index contributed by atoms with van der Waals surface area (Å²) in [6, 6.07) is 20.7. The highest BCUT2D eigenvalue weighted by atomic mass is 35.5. The van der Waals surface area contributed by atoms with Crippen LogP contribution in [-0.2, 0) is 24.8 Å². The highest BCUT2D eigenvalue weighted by molar-refractivity contribution is 7.89. The van der Waals surface area contributed by atoms with Crippen LogP contribution in [-0.4, -0.2) is 94.4 Å². The van der Waals surface area contributed by atoms with E-state index >= 15 is 0 Å². The van der Waals surface area contributed by atoms with Gasteiger partial charge in [0.15, 0.2) is 0 Å². The lowest BCUT2D eigenvalue weighted by molar-refractivity contribution is 0.0192. The van der Waals surface area contributed by atoms with E-state index < -0.39 is 31.7 Å². The Hall–Kier alpha value is -3.60. The van der Waals surface area contributed by atoms with Crippen LogP contribution in [0.15, 0.2) is 82.6 Å². The van der Waals surface area contributed by atoms with Crippen LogP contribution in [0.4, 0.5) is 4.79 Å². The summed E-state index contributed by atoms with van der Waals surface area (Å²) in [5.74, 6) is 1.65. The minimum atomic E-state index is -3.89. The van der Waals surface area contributed by atoms with Gasteiger partial charge in [0.1, 0.15) is 38.4 Å². The molecule has 0 unspecified atom stereocenters. The summed E-state index contributed by atoms with van der Waals surface area (Å²) in [4.78, 5) is 13.9. The molecule has 0 spiro atoms. The molecule has 2 aliphatic rings. The number of halogens is 3. The summed E-state index contributed by atoms with van der Waals surface area (Å²) in [6.45, 7) is 16.1. The maximum atomic E-state index is 13.4. The molecule has 17 heteroatoms. The smallest absolute Gasteiger partial charge is 0.410 e. The number of hydrogen-bond donors (Lipinski definition) is 1. The molecule has 1 N–H and O–H groups in total. The Labute approximate surface area is 358 Å². The average Bonchev–Trinajstić information content (AvgIpc) is 3.12. The van der Waals surface area contributed by atoms with E-state index in [1.54, 1.807) is 45.0 Å². The Morgan fingerprint density at radius 2 is 0.983 bits per heavy atom. The third kappa shape index (κ3) is 12.5. The van der Waals surface area contributed by atoms with Crippen LogP contribution in [0.3, 0.4) is 0 Å². The first-order chi connectivity index (χ1) is 26.7. The Kier molecular flexibility index (Phi) is 15.9. The molecule has 0 bridgehead atoms. The van der Waals surface area contributed by atoms with Crippen LogP contribution in [0.2, 0.25) is 10.0 Å². The molecular formula is C41H51Cl3N4O8S2. The predicted molar refractivity (Wildman–Crippen MR) is 230 cm³/mol. The fourth-order valence-corrected chi connectivity index (χ4v) is 9.99. The van der Waals surface area contributed by atoms with Gasteiger partial charge in [-0.2, -0.15) is 8.61 Å². The summed E-state index contributed by atoms with van der Waals surface area (Å²) in [5.41, 5.74) is 3.51. The van der Waals surface area contributed by atoms with Crippen molar-refractivity contribution in [2.45, 2.75) is 63.9 Å². The number of carbonyl (C=O) groups excluding carboxylic acids is 1. The van der Waals surface area contributed by atoms with E-state index in [9.17, 15) is 21.6 Å². The molecule has 2 saturated heterocycles. The van der Waals surface area contributed by atoms with Crippen LogP contribution in [0.1, 0.15) is 43.0 Å². The van der Waals surface area contributed by atoms with Gasteiger partial charge >= 0.3 is 6.09 Å². The Bertz CT molecular complexity index is 2270. The van der Waals surface area contributed by atoms with E-state index in [1.165, 1.54) is 25.6 Å². The van der Waals surface area contributed by atoms with Crippen molar-refractivity contribution in [1.29, 1.82) is 0 Å². The number of ether oxygens (including phenoxy) is 3. The lowest BCUT2D eigenvalue weighted by Crippen LogP contribution is -2.51. The van der Waals surface area contributed by atoms with Crippen molar-refractivity contribution in [2.75, 3.05) is 52.4 Å². The van der Waals surface area contributed by atoms with E-state index in [-0.39, 0.29) is 59.9 Å². The number of benzene rings is 4. The van der Waals surface area contributed by atoms with Gasteiger partial charge < -0.3 is 24.4 Å². The SMILES string of the molecule is Cc1cc(C)cc(Oc2ccc(Cl)cc2S(=O)(=O)N2CCN(C(=O)OC(C)(C)C)CC2)c1.Cc1cc(C)cc(Oc2ccc(Cl)cc2S(=O)(=O)N2CCNCC2)c1.Cl. The van der Waals surface area contributed by atoms with Crippen molar-refractivity contribution < 1.29 is 35.8 Å². The highest BCUT2D eigenvalue weighted by Crippen LogP contribution is 2.36. The zero-order valence-corrected chi connectivity index (χ0v) is 37.6. The van der Waals surface area contributed by atoms with Crippen molar-refractivity contribution in [1.82, 2.24) is 18.8 Å². The molecule has 4 aromatic carbocycles. The van der Waals surface area contributed by atoms with Gasteiger partial charge in [-0.15, -0.1) is 12.4 Å². The molecule has 0 saturated carbocycles. The van der Waals surface area contributed by atoms with Crippen LogP contribution < -0.4 is 14.8 Å². The Morgan fingerprint density at radius 3 is 1.36 bits per heavy atom. The largest absolute Gasteiger partial charge is 0.456 e. The molecule has 0 aromatic heterocycles. The minimum absolute atomic E-state index is 0. The van der Waals surface area contributed by atoms with Gasteiger partial charge in [0.05, 0.1) is 0 Å². The number of nitrogens with one attached hydrogen (secondary N) is 1. The third-order valence-corrected chi connectivity index (χ3v) is 13.2. The van der Waals surface area contributed by atoms with E-state index in [0.29, 0.717) is 47.7 Å². The van der Waals surface area contributed by atoms with Gasteiger partial charge in [0.25, 0.3) is 0 Å². The van der Waals surface area contributed by atoms with Crippen LogP contribution in [0, 0.1) is 27.7 Å². The van der Waals surface area contributed by atoms with Gasteiger partial charge in [0.2, 0.25) is 20.0 Å². The molecule has 12 nitrogen and oxygen atoms in total. The molecule has 1 amide bonds. The molecule has 2 fully saturated rings. The fourth-order valence-electron chi connectivity index (χ4n) is 6.37. The summed E-state index contributed by atoms with van der Waals surface area (Å²) in [5, 5.41) is 3.81. The number of rotatable bonds is 8. The number of aryl methyl sites for hydroxylation is 4. The summed E-state index contributed by atoms with van der Waals surface area (Å²) in [7, 11) is -7.57. The first-order valence-electron chi connectivity index (χ1n) is 18.5. The average molecular weight is 898 g/mol. The molecule has 58 heavy (non-hydrogen) atoms. The van der Waals surface area contributed by atoms with Crippen molar-refractivity contribution in [3.05, 3.63) is 105 Å². The van der Waals surface area contributed by atoms with Crippen LogP contribution >= 0.6 is 35.6 Å². The van der Waals surface area contributed by atoms with E-state index in [1.807, 2.05) is 64.1 Å². The third-order valence-electron chi connectivity index (χ3n) is 8.86. The van der Waals surface area contributed by atoms with Gasteiger partial charge in [0, 0.05) is 62.4 Å². The monoisotopic (exact) mass is 896 g/mol. The number of piperazine rings is 2. The van der Waals surface area contributed by atoms with E-state index in [2.05, 4.69) is 5.32 Å². The fraction of sp³-hybridized carbons (Fsp3) is 0.390. The Balaban J connectivity index is 0.000000259. The topological polar surface area (TPSA) is 135 Å². The second kappa shape index (κ2) is 19.6. The molecule has 2 heterocycles. The molecule has 0 aliphatic carbocycles. The number of carbonyl (C=O) groups is 1. The minimum Gasteiger partial charge on any atom is -0.456 e. The quantitative estimate of drug-likeness (QED) is 0.184. The van der Waals surface area contributed by atoms with E-state index in [4.69, 9.17) is 37.4 Å². The van der Waals surface area contributed by atoms with Gasteiger partial charge in [-0.25, -0.2) is 21.6 Å². The molecule has 0 radical (unpaired) electrons. The highest BCUT2D eigenvalue weighted by Gasteiger charge is 2.34. The van der Waals surface area contributed by atoms with E-state index in [0.717, 1.165) is 22.3 Å². The van der Waals surface area contributed by atoms with Crippen molar-refractivity contribution in [3.63, 3.8) is 0 Å². The molecule has 6 rings (SSSR count). The lowest BCUT2D eigenvalue weighted by Gasteiger charge is -2.35. The first kappa shape index (κ1) is 47.1.